The molecule has 11 heteroatoms. The fourth-order valence-corrected chi connectivity index (χ4v) is 6.63. The minimum Gasteiger partial charge on any atom is -0.384 e. The van der Waals surface area contributed by atoms with Crippen LogP contribution < -0.4 is 11.1 Å². The van der Waals surface area contributed by atoms with Gasteiger partial charge < -0.3 is 30.3 Å². The molecule has 4 N–H and O–H groups in total. The second kappa shape index (κ2) is 10.7. The Morgan fingerprint density at radius 3 is 2.61 bits per heavy atom. The molecule has 6 rings (SSSR count). The van der Waals surface area contributed by atoms with Gasteiger partial charge in [-0.05, 0) is 41.8 Å². The number of hydrogen-bond donors (Lipinski definition) is 3. The third-order valence-corrected chi connectivity index (χ3v) is 8.98. The molecule has 2 saturated heterocycles. The molecule has 3 aliphatic heterocycles. The van der Waals surface area contributed by atoms with Gasteiger partial charge in [0.1, 0.15) is 18.4 Å². The summed E-state index contributed by atoms with van der Waals surface area (Å²) in [6, 6.07) is 16.3. The smallest absolute Gasteiger partial charge is 0.254 e. The second-order valence-corrected chi connectivity index (χ2v) is 11.6. The highest BCUT2D eigenvalue weighted by Crippen LogP contribution is 2.36. The van der Waals surface area contributed by atoms with Crippen molar-refractivity contribution < 1.29 is 23.9 Å². The number of rotatable bonds is 7. The average Bonchev–Trinajstić information content (AvgIpc) is 3.77. The molecular weight excluding hydrogens is 542 g/mol. The van der Waals surface area contributed by atoms with Crippen LogP contribution in [0.2, 0.25) is 0 Å². The summed E-state index contributed by atoms with van der Waals surface area (Å²) >= 11 is 1.40. The number of nitrogen functional groups attached to an aromatic ring is 1. The summed E-state index contributed by atoms with van der Waals surface area (Å²) < 4.78 is 11.7. The maximum absolute atomic E-state index is 13.7. The Morgan fingerprint density at radius 2 is 1.90 bits per heavy atom. The number of nitrogens with two attached hydrogens (primary N) is 1. The van der Waals surface area contributed by atoms with Gasteiger partial charge >= 0.3 is 0 Å². The Labute approximate surface area is 241 Å². The molecule has 1 spiro atoms. The summed E-state index contributed by atoms with van der Waals surface area (Å²) in [5.41, 5.74) is 9.70. The number of ether oxygens (including phenoxy) is 2. The zero-order valence-corrected chi connectivity index (χ0v) is 23.4. The molecule has 2 aromatic carbocycles. The lowest BCUT2D eigenvalue weighted by molar-refractivity contribution is -0.152. The van der Waals surface area contributed by atoms with Crippen molar-refractivity contribution in [2.24, 2.45) is 5.73 Å². The zero-order chi connectivity index (χ0) is 28.7. The van der Waals surface area contributed by atoms with E-state index in [0.717, 1.165) is 21.6 Å². The second-order valence-electron chi connectivity index (χ2n) is 10.6. The van der Waals surface area contributed by atoms with Crippen LogP contribution >= 0.6 is 11.3 Å². The Balaban J connectivity index is 1.17. The Hall–Kier alpha value is -4.06. The van der Waals surface area contributed by atoms with Crippen molar-refractivity contribution in [2.45, 2.75) is 37.8 Å². The van der Waals surface area contributed by atoms with Gasteiger partial charge in [0.15, 0.2) is 5.79 Å². The standard InChI is InChI=1S/C30H31N5O5S/c1-18(25-12-22(16-41-25)27(31)32)33-28(37)24-13-30(39-9-10-40-30)17-35(24)26(36)15-34-14-21-11-20(7-8-23(21)29(34)38)19-5-3-2-4-6-19/h2-8,11-12,16,18,24H,9-10,13-15,17H2,1H3,(H3,31,32)(H,33,37)/t18-,24?/m1/s1. The number of nitrogens with zero attached hydrogens (tertiary/aromatic N) is 2. The molecule has 0 aliphatic carbocycles. The molecule has 3 amide bonds. The van der Waals surface area contributed by atoms with Crippen LogP contribution in [-0.2, 0) is 25.6 Å². The van der Waals surface area contributed by atoms with Crippen LogP contribution in [0.25, 0.3) is 11.1 Å². The third kappa shape index (κ3) is 5.23. The lowest BCUT2D eigenvalue weighted by Crippen LogP contribution is -2.49. The van der Waals surface area contributed by atoms with Crippen LogP contribution in [-0.4, -0.2) is 71.5 Å². The number of thiophene rings is 1. The fraction of sp³-hybridized carbons (Fsp3) is 0.333. The van der Waals surface area contributed by atoms with E-state index in [4.69, 9.17) is 20.6 Å². The molecule has 1 aromatic heterocycles. The van der Waals surface area contributed by atoms with Crippen LogP contribution in [0.5, 0.6) is 0 Å². The van der Waals surface area contributed by atoms with Crippen LogP contribution in [0, 0.1) is 5.41 Å². The first-order valence-corrected chi connectivity index (χ1v) is 14.4. The van der Waals surface area contributed by atoms with Gasteiger partial charge in [-0.3, -0.25) is 19.8 Å². The average molecular weight is 574 g/mol. The molecule has 10 nitrogen and oxygen atoms in total. The van der Waals surface area contributed by atoms with E-state index in [2.05, 4.69) is 5.32 Å². The number of amidine groups is 1. The summed E-state index contributed by atoms with van der Waals surface area (Å²) in [4.78, 5) is 44.3. The van der Waals surface area contributed by atoms with Crippen LogP contribution in [0.15, 0.2) is 60.0 Å². The number of benzene rings is 2. The van der Waals surface area contributed by atoms with Gasteiger partial charge in [-0.1, -0.05) is 36.4 Å². The fourth-order valence-electron chi connectivity index (χ4n) is 5.72. The first kappa shape index (κ1) is 27.1. The molecule has 41 heavy (non-hydrogen) atoms. The maximum Gasteiger partial charge on any atom is 0.254 e. The molecular formula is C30H31N5O5S. The third-order valence-electron chi connectivity index (χ3n) is 7.86. The van der Waals surface area contributed by atoms with E-state index >= 15 is 0 Å². The Bertz CT molecular complexity index is 1520. The van der Waals surface area contributed by atoms with E-state index in [1.807, 2.05) is 55.5 Å². The van der Waals surface area contributed by atoms with E-state index in [9.17, 15) is 14.4 Å². The van der Waals surface area contributed by atoms with E-state index in [0.29, 0.717) is 30.9 Å². The van der Waals surface area contributed by atoms with Crippen LogP contribution in [0.4, 0.5) is 0 Å². The number of amides is 3. The minimum atomic E-state index is -1.03. The highest BCUT2D eigenvalue weighted by Gasteiger charge is 2.53. The number of fused-ring (bicyclic) bond motifs is 1. The summed E-state index contributed by atoms with van der Waals surface area (Å²) in [5.74, 6) is -1.94. The van der Waals surface area contributed by atoms with E-state index in [-0.39, 0.29) is 49.1 Å². The number of likely N-dealkylation sites (tertiary alicyclic amines) is 1. The molecule has 4 heterocycles. The van der Waals surface area contributed by atoms with Crippen LogP contribution in [0.3, 0.4) is 0 Å². The van der Waals surface area contributed by atoms with Crippen molar-refractivity contribution in [2.75, 3.05) is 26.3 Å². The van der Waals surface area contributed by atoms with Crippen LogP contribution in [0.1, 0.15) is 45.7 Å². The number of nitrogens with one attached hydrogen (secondary N) is 2. The van der Waals surface area contributed by atoms with E-state index in [1.54, 1.807) is 11.4 Å². The first-order chi connectivity index (χ1) is 19.7. The van der Waals surface area contributed by atoms with Gasteiger partial charge in [0.25, 0.3) is 5.91 Å². The van der Waals surface area contributed by atoms with Gasteiger partial charge in [0.2, 0.25) is 11.8 Å². The summed E-state index contributed by atoms with van der Waals surface area (Å²) in [6.07, 6.45) is 0.203. The van der Waals surface area contributed by atoms with E-state index < -0.39 is 11.8 Å². The predicted molar refractivity (Wildman–Crippen MR) is 153 cm³/mol. The quantitative estimate of drug-likeness (QED) is 0.294. The van der Waals surface area contributed by atoms with Gasteiger partial charge in [-0.2, -0.15) is 0 Å². The normalized spacial score (nSPS) is 19.9. The molecule has 2 fully saturated rings. The van der Waals surface area contributed by atoms with Crippen molar-refractivity contribution in [3.8, 4) is 11.1 Å². The molecule has 3 aromatic rings. The topological polar surface area (TPSA) is 138 Å². The summed E-state index contributed by atoms with van der Waals surface area (Å²) in [5, 5.41) is 12.4. The predicted octanol–water partition coefficient (Wildman–Crippen LogP) is 2.88. The maximum atomic E-state index is 13.7. The van der Waals surface area contributed by atoms with Gasteiger partial charge in [0.05, 0.1) is 25.8 Å². The van der Waals surface area contributed by atoms with Gasteiger partial charge in [-0.15, -0.1) is 11.3 Å². The summed E-state index contributed by atoms with van der Waals surface area (Å²) in [7, 11) is 0. The van der Waals surface area contributed by atoms with Crippen molar-refractivity contribution in [3.05, 3.63) is 81.5 Å². The van der Waals surface area contributed by atoms with Crippen molar-refractivity contribution in [3.63, 3.8) is 0 Å². The Morgan fingerprint density at radius 1 is 1.15 bits per heavy atom. The molecule has 2 atom stereocenters. The van der Waals surface area contributed by atoms with Gasteiger partial charge in [-0.25, -0.2) is 0 Å². The lowest BCUT2D eigenvalue weighted by Gasteiger charge is -2.27. The molecule has 0 radical (unpaired) electrons. The first-order valence-electron chi connectivity index (χ1n) is 13.5. The number of hydrogen-bond acceptors (Lipinski definition) is 7. The molecule has 0 bridgehead atoms. The highest BCUT2D eigenvalue weighted by molar-refractivity contribution is 7.10. The monoisotopic (exact) mass is 573 g/mol. The van der Waals surface area contributed by atoms with Crippen molar-refractivity contribution in [1.29, 1.82) is 5.41 Å². The highest BCUT2D eigenvalue weighted by atomic mass is 32.1. The molecule has 0 saturated carbocycles. The minimum absolute atomic E-state index is 0.0361. The van der Waals surface area contributed by atoms with Crippen molar-refractivity contribution >= 4 is 34.9 Å². The van der Waals surface area contributed by atoms with E-state index in [1.165, 1.54) is 21.1 Å². The Kier molecular flexibility index (Phi) is 7.10. The lowest BCUT2D eigenvalue weighted by atomic mass is 10.0. The van der Waals surface area contributed by atoms with Crippen molar-refractivity contribution in [1.82, 2.24) is 15.1 Å². The zero-order valence-electron chi connectivity index (χ0n) is 22.6. The SMILES string of the molecule is C[C@@H](NC(=O)C1CC2(CN1C(=O)CN1Cc3cc(-c4ccccc4)ccc3C1=O)OCCO2)c1cc(C(=N)N)cs1. The number of carbonyl (C=O) groups is 3. The molecule has 212 valence electrons. The molecule has 1 unspecified atom stereocenters. The molecule has 3 aliphatic rings. The number of carbonyl (C=O) groups excluding carboxylic acids is 3. The summed E-state index contributed by atoms with van der Waals surface area (Å²) in [6.45, 7) is 2.89. The van der Waals surface area contributed by atoms with Gasteiger partial charge in [0, 0.05) is 34.3 Å². The largest absolute Gasteiger partial charge is 0.384 e.